The van der Waals surface area contributed by atoms with Crippen LogP contribution in [0, 0.1) is 5.92 Å². The Balaban J connectivity index is 1.62. The standard InChI is InChI=1S/C19H26N6O2/c1-2-8-25-13-16(12-23-25)19(27)22-11-15-4-3-7-21-18(15)24-9-5-14(6-10-24)17(20)26/h3-4,7,12-14H,2,5-6,8-11H2,1H3,(H2,20,26)(H,22,27). The maximum absolute atomic E-state index is 12.4. The SMILES string of the molecule is CCCn1cc(C(=O)NCc2cccnc2N2CCC(C(N)=O)CC2)cn1. The quantitative estimate of drug-likeness (QED) is 0.764. The van der Waals surface area contributed by atoms with Crippen molar-refractivity contribution < 1.29 is 9.59 Å². The first-order valence-corrected chi connectivity index (χ1v) is 9.37. The Morgan fingerprint density at radius 3 is 2.81 bits per heavy atom. The molecule has 0 aromatic carbocycles. The highest BCUT2D eigenvalue weighted by Crippen LogP contribution is 2.24. The molecule has 0 bridgehead atoms. The average Bonchev–Trinajstić information content (AvgIpc) is 3.15. The third-order valence-corrected chi connectivity index (χ3v) is 4.85. The van der Waals surface area contributed by atoms with Crippen LogP contribution in [-0.2, 0) is 17.9 Å². The van der Waals surface area contributed by atoms with E-state index in [1.54, 1.807) is 23.3 Å². The number of nitrogens with zero attached hydrogens (tertiary/aromatic N) is 4. The summed E-state index contributed by atoms with van der Waals surface area (Å²) in [5, 5.41) is 7.14. The molecule has 0 atom stereocenters. The molecule has 1 aliphatic rings. The van der Waals surface area contributed by atoms with Gasteiger partial charge in [0.1, 0.15) is 5.82 Å². The van der Waals surface area contributed by atoms with E-state index in [0.29, 0.717) is 12.1 Å². The number of nitrogens with one attached hydrogen (secondary N) is 1. The number of nitrogens with two attached hydrogens (primary N) is 1. The lowest BCUT2D eigenvalue weighted by atomic mass is 9.96. The third-order valence-electron chi connectivity index (χ3n) is 4.85. The minimum Gasteiger partial charge on any atom is -0.369 e. The second kappa shape index (κ2) is 8.66. The number of anilines is 1. The summed E-state index contributed by atoms with van der Waals surface area (Å²) in [5.41, 5.74) is 6.91. The number of aromatic nitrogens is 3. The van der Waals surface area contributed by atoms with Crippen LogP contribution in [0.25, 0.3) is 0 Å². The fourth-order valence-corrected chi connectivity index (χ4v) is 3.34. The molecule has 3 heterocycles. The van der Waals surface area contributed by atoms with E-state index in [4.69, 9.17) is 5.73 Å². The molecule has 8 nitrogen and oxygen atoms in total. The van der Waals surface area contributed by atoms with E-state index in [-0.39, 0.29) is 17.7 Å². The minimum absolute atomic E-state index is 0.0622. The van der Waals surface area contributed by atoms with E-state index < -0.39 is 0 Å². The number of hydrogen-bond acceptors (Lipinski definition) is 5. The number of hydrogen-bond donors (Lipinski definition) is 2. The van der Waals surface area contributed by atoms with E-state index in [1.807, 2.05) is 12.1 Å². The van der Waals surface area contributed by atoms with E-state index in [0.717, 1.165) is 50.3 Å². The van der Waals surface area contributed by atoms with Crippen LogP contribution in [0.15, 0.2) is 30.7 Å². The number of piperidine rings is 1. The van der Waals surface area contributed by atoms with E-state index in [2.05, 4.69) is 27.2 Å². The molecule has 1 fully saturated rings. The number of primary amides is 1. The molecule has 3 rings (SSSR count). The molecule has 0 unspecified atom stereocenters. The van der Waals surface area contributed by atoms with Gasteiger partial charge in [0.15, 0.2) is 0 Å². The van der Waals surface area contributed by atoms with Crippen molar-refractivity contribution in [3.8, 4) is 0 Å². The first kappa shape index (κ1) is 18.9. The van der Waals surface area contributed by atoms with Crippen molar-refractivity contribution >= 4 is 17.6 Å². The largest absolute Gasteiger partial charge is 0.369 e. The molecule has 1 saturated heterocycles. The molecule has 8 heteroatoms. The Labute approximate surface area is 158 Å². The summed E-state index contributed by atoms with van der Waals surface area (Å²) >= 11 is 0. The number of pyridine rings is 1. The monoisotopic (exact) mass is 370 g/mol. The summed E-state index contributed by atoms with van der Waals surface area (Å²) in [6.45, 7) is 4.71. The topological polar surface area (TPSA) is 106 Å². The van der Waals surface area contributed by atoms with Crippen LogP contribution in [0.3, 0.4) is 0 Å². The molecule has 0 aliphatic carbocycles. The van der Waals surface area contributed by atoms with Crippen LogP contribution in [0.2, 0.25) is 0 Å². The van der Waals surface area contributed by atoms with Crippen molar-refractivity contribution in [1.82, 2.24) is 20.1 Å². The lowest BCUT2D eigenvalue weighted by Gasteiger charge is -2.32. The van der Waals surface area contributed by atoms with Gasteiger partial charge in [-0.15, -0.1) is 0 Å². The summed E-state index contributed by atoms with van der Waals surface area (Å²) in [4.78, 5) is 30.4. The minimum atomic E-state index is -0.230. The summed E-state index contributed by atoms with van der Waals surface area (Å²) in [6.07, 6.45) is 7.52. The highest BCUT2D eigenvalue weighted by atomic mass is 16.2. The number of amides is 2. The van der Waals surface area contributed by atoms with Crippen molar-refractivity contribution in [2.24, 2.45) is 11.7 Å². The predicted molar refractivity (Wildman–Crippen MR) is 102 cm³/mol. The molecule has 0 saturated carbocycles. The number of rotatable bonds is 7. The molecule has 0 spiro atoms. The van der Waals surface area contributed by atoms with Crippen molar-refractivity contribution in [3.63, 3.8) is 0 Å². The van der Waals surface area contributed by atoms with Crippen molar-refractivity contribution in [3.05, 3.63) is 41.9 Å². The zero-order valence-corrected chi connectivity index (χ0v) is 15.6. The van der Waals surface area contributed by atoms with Gasteiger partial charge in [-0.1, -0.05) is 13.0 Å². The van der Waals surface area contributed by atoms with Crippen LogP contribution in [0.4, 0.5) is 5.82 Å². The molecular formula is C19H26N6O2. The number of carbonyl (C=O) groups excluding carboxylic acids is 2. The van der Waals surface area contributed by atoms with Gasteiger partial charge in [-0.05, 0) is 25.3 Å². The van der Waals surface area contributed by atoms with Gasteiger partial charge in [0.25, 0.3) is 5.91 Å². The summed E-state index contributed by atoms with van der Waals surface area (Å²) in [7, 11) is 0. The first-order chi connectivity index (χ1) is 13.1. The van der Waals surface area contributed by atoms with Gasteiger partial charge in [0.2, 0.25) is 5.91 Å². The Hall–Kier alpha value is -2.90. The van der Waals surface area contributed by atoms with E-state index in [1.165, 1.54) is 0 Å². The fraction of sp³-hybridized carbons (Fsp3) is 0.474. The highest BCUT2D eigenvalue weighted by Gasteiger charge is 2.25. The van der Waals surface area contributed by atoms with Crippen LogP contribution in [-0.4, -0.2) is 39.7 Å². The summed E-state index contributed by atoms with van der Waals surface area (Å²) in [5.74, 6) is 0.404. The van der Waals surface area contributed by atoms with Crippen molar-refractivity contribution in [2.45, 2.75) is 39.3 Å². The molecule has 0 radical (unpaired) electrons. The number of carbonyl (C=O) groups is 2. The fourth-order valence-electron chi connectivity index (χ4n) is 3.34. The molecule has 144 valence electrons. The first-order valence-electron chi connectivity index (χ1n) is 9.37. The van der Waals surface area contributed by atoms with E-state index in [9.17, 15) is 9.59 Å². The van der Waals surface area contributed by atoms with Crippen LogP contribution in [0.1, 0.15) is 42.1 Å². The average molecular weight is 370 g/mol. The van der Waals surface area contributed by atoms with Gasteiger partial charge in [-0.3, -0.25) is 14.3 Å². The van der Waals surface area contributed by atoms with Gasteiger partial charge in [0.05, 0.1) is 11.8 Å². The summed E-state index contributed by atoms with van der Waals surface area (Å²) in [6, 6.07) is 3.82. The van der Waals surface area contributed by atoms with Gasteiger partial charge >= 0.3 is 0 Å². The normalized spacial score (nSPS) is 14.9. The third kappa shape index (κ3) is 4.64. The van der Waals surface area contributed by atoms with Crippen LogP contribution < -0.4 is 16.0 Å². The Kier molecular flexibility index (Phi) is 6.05. The zero-order valence-electron chi connectivity index (χ0n) is 15.6. The molecule has 3 N–H and O–H groups in total. The van der Waals surface area contributed by atoms with Gasteiger partial charge in [0, 0.05) is 50.1 Å². The zero-order chi connectivity index (χ0) is 19.2. The van der Waals surface area contributed by atoms with Gasteiger partial charge < -0.3 is 16.0 Å². The molecule has 2 amide bonds. The van der Waals surface area contributed by atoms with Crippen molar-refractivity contribution in [2.75, 3.05) is 18.0 Å². The Morgan fingerprint density at radius 2 is 2.11 bits per heavy atom. The Bertz CT molecular complexity index is 795. The molecule has 27 heavy (non-hydrogen) atoms. The van der Waals surface area contributed by atoms with Crippen molar-refractivity contribution in [1.29, 1.82) is 0 Å². The Morgan fingerprint density at radius 1 is 1.33 bits per heavy atom. The molecule has 2 aromatic heterocycles. The second-order valence-corrected chi connectivity index (χ2v) is 6.82. The van der Waals surface area contributed by atoms with Gasteiger partial charge in [-0.25, -0.2) is 4.98 Å². The van der Waals surface area contributed by atoms with E-state index >= 15 is 0 Å². The molecular weight excluding hydrogens is 344 g/mol. The van der Waals surface area contributed by atoms with Crippen LogP contribution in [0.5, 0.6) is 0 Å². The smallest absolute Gasteiger partial charge is 0.254 e. The molecule has 2 aromatic rings. The van der Waals surface area contributed by atoms with Crippen LogP contribution >= 0.6 is 0 Å². The maximum Gasteiger partial charge on any atom is 0.254 e. The lowest BCUT2D eigenvalue weighted by molar-refractivity contribution is -0.122. The highest BCUT2D eigenvalue weighted by molar-refractivity contribution is 5.93. The maximum atomic E-state index is 12.4. The lowest BCUT2D eigenvalue weighted by Crippen LogP contribution is -2.39. The van der Waals surface area contributed by atoms with Gasteiger partial charge in [-0.2, -0.15) is 5.10 Å². The predicted octanol–water partition coefficient (Wildman–Crippen LogP) is 1.32. The number of aryl methyl sites for hydroxylation is 1. The second-order valence-electron chi connectivity index (χ2n) is 6.82. The molecule has 1 aliphatic heterocycles. The summed E-state index contributed by atoms with van der Waals surface area (Å²) < 4.78 is 1.77.